The number of nitrogens with zero attached hydrogens (tertiary/aromatic N) is 2. The lowest BCUT2D eigenvalue weighted by atomic mass is 10.1. The minimum Gasteiger partial charge on any atom is -0.445 e. The van der Waals surface area contributed by atoms with Crippen molar-refractivity contribution in [1.82, 2.24) is 15.3 Å². The van der Waals surface area contributed by atoms with Crippen molar-refractivity contribution in [1.29, 1.82) is 0 Å². The van der Waals surface area contributed by atoms with E-state index in [4.69, 9.17) is 9.57 Å². The van der Waals surface area contributed by atoms with Gasteiger partial charge in [-0.25, -0.2) is 9.59 Å². The van der Waals surface area contributed by atoms with E-state index in [2.05, 4.69) is 5.32 Å². The summed E-state index contributed by atoms with van der Waals surface area (Å²) in [5.41, 5.74) is 0.884. The molecule has 0 aromatic heterocycles. The molecule has 10 heteroatoms. The van der Waals surface area contributed by atoms with Crippen LogP contribution in [0.2, 0.25) is 0 Å². The van der Waals surface area contributed by atoms with Crippen LogP contribution < -0.4 is 5.32 Å². The van der Waals surface area contributed by atoms with Crippen molar-refractivity contribution in [3.05, 3.63) is 35.9 Å². The molecule has 1 aromatic carbocycles. The molecule has 2 saturated heterocycles. The van der Waals surface area contributed by atoms with E-state index in [0.29, 0.717) is 50.3 Å². The molecular formula is C22H27N3O7. The molecule has 0 saturated carbocycles. The summed E-state index contributed by atoms with van der Waals surface area (Å²) >= 11 is 0. The van der Waals surface area contributed by atoms with E-state index in [0.717, 1.165) is 5.56 Å². The topological polar surface area (TPSA) is 122 Å². The Kier molecular flexibility index (Phi) is 8.18. The Morgan fingerprint density at radius 3 is 2.34 bits per heavy atom. The second-order valence-electron chi connectivity index (χ2n) is 7.68. The molecule has 1 aromatic rings. The molecule has 3 rings (SSSR count). The third kappa shape index (κ3) is 6.29. The number of imide groups is 1. The molecule has 172 valence electrons. The average molecular weight is 445 g/mol. The van der Waals surface area contributed by atoms with Crippen molar-refractivity contribution >= 4 is 29.8 Å². The second kappa shape index (κ2) is 11.3. The Bertz CT molecular complexity index is 842. The fourth-order valence-corrected chi connectivity index (χ4v) is 3.64. The van der Waals surface area contributed by atoms with Gasteiger partial charge in [0.15, 0.2) is 0 Å². The fraction of sp³-hybridized carbons (Fsp3) is 0.500. The summed E-state index contributed by atoms with van der Waals surface area (Å²) in [6.07, 6.45) is 1.82. The predicted molar refractivity (Wildman–Crippen MR) is 110 cm³/mol. The lowest BCUT2D eigenvalue weighted by Crippen LogP contribution is -2.46. The third-order valence-corrected chi connectivity index (χ3v) is 5.33. The van der Waals surface area contributed by atoms with Crippen LogP contribution in [0.15, 0.2) is 30.3 Å². The van der Waals surface area contributed by atoms with E-state index >= 15 is 0 Å². The average Bonchev–Trinajstić information content (AvgIpc) is 3.35. The number of hydroxylamine groups is 2. The lowest BCUT2D eigenvalue weighted by molar-refractivity contribution is -0.201. The summed E-state index contributed by atoms with van der Waals surface area (Å²) in [6.45, 7) is 0.933. The van der Waals surface area contributed by atoms with Gasteiger partial charge in [-0.3, -0.25) is 14.4 Å². The minimum atomic E-state index is -0.878. The van der Waals surface area contributed by atoms with Gasteiger partial charge in [-0.1, -0.05) is 30.3 Å². The van der Waals surface area contributed by atoms with Gasteiger partial charge < -0.3 is 19.8 Å². The molecule has 2 aliphatic heterocycles. The van der Waals surface area contributed by atoms with Gasteiger partial charge in [-0.2, -0.15) is 0 Å². The number of unbranched alkanes of at least 4 members (excludes halogenated alkanes) is 1. The molecule has 1 N–H and O–H groups in total. The maximum Gasteiger partial charge on any atom is 0.407 e. The zero-order valence-corrected chi connectivity index (χ0v) is 17.8. The van der Waals surface area contributed by atoms with Gasteiger partial charge in [0.1, 0.15) is 12.6 Å². The van der Waals surface area contributed by atoms with Crippen LogP contribution in [-0.4, -0.2) is 58.9 Å². The Labute approximate surface area is 185 Å². The Hall–Kier alpha value is -3.43. The largest absolute Gasteiger partial charge is 0.445 e. The standard InChI is InChI=1S/C22H27N3O7/c26-18-10-6-14-24(18)17(21(29)32-25-19(27)11-12-20(25)28)9-4-5-13-23-22(30)31-15-16-7-2-1-3-8-16/h1-3,7-8,17H,4-6,9-15H2,(H,23,30)/t17-/m0/s1. The number of nitrogens with one attached hydrogen (secondary N) is 1. The summed E-state index contributed by atoms with van der Waals surface area (Å²) in [5, 5.41) is 3.15. The van der Waals surface area contributed by atoms with Gasteiger partial charge in [0.25, 0.3) is 11.8 Å². The highest BCUT2D eigenvalue weighted by atomic mass is 16.7. The number of rotatable bonds is 10. The molecule has 2 aliphatic rings. The second-order valence-corrected chi connectivity index (χ2v) is 7.68. The molecule has 4 amide bonds. The molecule has 32 heavy (non-hydrogen) atoms. The Morgan fingerprint density at radius 1 is 0.969 bits per heavy atom. The fourth-order valence-electron chi connectivity index (χ4n) is 3.64. The van der Waals surface area contributed by atoms with Crippen molar-refractivity contribution in [3.63, 3.8) is 0 Å². The third-order valence-electron chi connectivity index (χ3n) is 5.33. The summed E-state index contributed by atoms with van der Waals surface area (Å²) in [5.74, 6) is -2.08. The SMILES string of the molecule is O=C(NCCCC[C@@H](C(=O)ON1C(=O)CCC1=O)N1CCCC1=O)OCc1ccccc1. The van der Waals surface area contributed by atoms with E-state index < -0.39 is 29.9 Å². The van der Waals surface area contributed by atoms with Crippen LogP contribution in [0.1, 0.15) is 50.5 Å². The van der Waals surface area contributed by atoms with E-state index in [-0.39, 0.29) is 25.4 Å². The quantitative estimate of drug-likeness (QED) is 0.429. The van der Waals surface area contributed by atoms with Gasteiger partial charge in [0, 0.05) is 32.4 Å². The van der Waals surface area contributed by atoms with Crippen LogP contribution in [-0.2, 0) is 35.4 Å². The Morgan fingerprint density at radius 2 is 1.69 bits per heavy atom. The zero-order valence-electron chi connectivity index (χ0n) is 17.8. The first-order valence-electron chi connectivity index (χ1n) is 10.8. The number of alkyl carbamates (subject to hydrolysis) is 1. The molecule has 1 atom stereocenters. The molecule has 0 aliphatic carbocycles. The molecule has 2 fully saturated rings. The summed E-state index contributed by atoms with van der Waals surface area (Å²) < 4.78 is 5.14. The molecular weight excluding hydrogens is 418 g/mol. The smallest absolute Gasteiger partial charge is 0.407 e. The maximum absolute atomic E-state index is 12.7. The van der Waals surface area contributed by atoms with Crippen molar-refractivity contribution in [2.45, 2.75) is 57.6 Å². The van der Waals surface area contributed by atoms with Crippen molar-refractivity contribution < 1.29 is 33.5 Å². The monoisotopic (exact) mass is 445 g/mol. The number of carbonyl (C=O) groups excluding carboxylic acids is 5. The number of benzene rings is 1. The van der Waals surface area contributed by atoms with Crippen molar-refractivity contribution in [2.24, 2.45) is 0 Å². The van der Waals surface area contributed by atoms with Gasteiger partial charge in [0.05, 0.1) is 0 Å². The molecule has 0 radical (unpaired) electrons. The van der Waals surface area contributed by atoms with E-state index in [9.17, 15) is 24.0 Å². The van der Waals surface area contributed by atoms with Gasteiger partial charge in [-0.15, -0.1) is 5.06 Å². The van der Waals surface area contributed by atoms with Crippen LogP contribution >= 0.6 is 0 Å². The summed E-state index contributed by atoms with van der Waals surface area (Å²) in [4.78, 5) is 66.6. The van der Waals surface area contributed by atoms with Crippen LogP contribution in [0.4, 0.5) is 4.79 Å². The maximum atomic E-state index is 12.7. The number of hydrogen-bond donors (Lipinski definition) is 1. The summed E-state index contributed by atoms with van der Waals surface area (Å²) in [7, 11) is 0. The number of carbonyl (C=O) groups is 5. The number of ether oxygens (including phenoxy) is 1. The van der Waals surface area contributed by atoms with Gasteiger partial charge in [-0.05, 0) is 31.2 Å². The van der Waals surface area contributed by atoms with Crippen molar-refractivity contribution in [2.75, 3.05) is 13.1 Å². The zero-order chi connectivity index (χ0) is 22.9. The number of amides is 4. The first-order chi connectivity index (χ1) is 15.5. The normalized spacial score (nSPS) is 16.9. The number of hydrogen-bond acceptors (Lipinski definition) is 7. The Balaban J connectivity index is 1.43. The van der Waals surface area contributed by atoms with Crippen LogP contribution in [0.25, 0.3) is 0 Å². The first kappa shape index (κ1) is 23.2. The highest BCUT2D eigenvalue weighted by Crippen LogP contribution is 2.21. The van der Waals surface area contributed by atoms with E-state index in [1.807, 2.05) is 30.3 Å². The summed E-state index contributed by atoms with van der Waals surface area (Å²) in [6, 6.07) is 8.43. The predicted octanol–water partition coefficient (Wildman–Crippen LogP) is 1.68. The van der Waals surface area contributed by atoms with Gasteiger partial charge in [0.2, 0.25) is 5.91 Å². The minimum absolute atomic E-state index is 0.00542. The highest BCUT2D eigenvalue weighted by molar-refractivity contribution is 6.02. The van der Waals surface area contributed by atoms with E-state index in [1.165, 1.54) is 4.90 Å². The van der Waals surface area contributed by atoms with Crippen LogP contribution in [0.3, 0.4) is 0 Å². The first-order valence-corrected chi connectivity index (χ1v) is 10.8. The van der Waals surface area contributed by atoms with E-state index in [1.54, 1.807) is 0 Å². The molecule has 2 heterocycles. The van der Waals surface area contributed by atoms with Crippen LogP contribution in [0.5, 0.6) is 0 Å². The molecule has 0 bridgehead atoms. The van der Waals surface area contributed by atoms with Crippen LogP contribution in [0, 0.1) is 0 Å². The van der Waals surface area contributed by atoms with Crippen molar-refractivity contribution in [3.8, 4) is 0 Å². The van der Waals surface area contributed by atoms with Gasteiger partial charge >= 0.3 is 12.1 Å². The lowest BCUT2D eigenvalue weighted by Gasteiger charge is -2.27. The molecule has 10 nitrogen and oxygen atoms in total. The molecule has 0 unspecified atom stereocenters. The molecule has 0 spiro atoms. The number of likely N-dealkylation sites (tertiary alicyclic amines) is 1. The highest BCUT2D eigenvalue weighted by Gasteiger charge is 2.38.